The van der Waals surface area contributed by atoms with Crippen LogP contribution >= 0.6 is 0 Å². The lowest BCUT2D eigenvalue weighted by Gasteiger charge is -2.10. The molecule has 0 radical (unpaired) electrons. The summed E-state index contributed by atoms with van der Waals surface area (Å²) in [6.45, 7) is 2.08. The van der Waals surface area contributed by atoms with Gasteiger partial charge in [0.1, 0.15) is 0 Å². The fourth-order valence-corrected chi connectivity index (χ4v) is 2.07. The summed E-state index contributed by atoms with van der Waals surface area (Å²) in [5, 5.41) is 10.1. The molecule has 0 saturated heterocycles. The standard InChI is InChI=1S/C14H17N3/c1-16(2)8-4-9-17-10-7-13-12(11-15)5-3-6-14(13)17/h3,5-7,10H,4,8-9H2,1-2H3. The Morgan fingerprint density at radius 2 is 2.12 bits per heavy atom. The molecule has 0 bridgehead atoms. The van der Waals surface area contributed by atoms with Crippen LogP contribution in [0.1, 0.15) is 12.0 Å². The number of rotatable bonds is 4. The number of hydrogen-bond acceptors (Lipinski definition) is 2. The molecular weight excluding hydrogens is 210 g/mol. The Morgan fingerprint density at radius 1 is 1.29 bits per heavy atom. The molecule has 0 spiro atoms. The first-order chi connectivity index (χ1) is 8.22. The molecule has 1 heterocycles. The molecule has 0 aliphatic heterocycles. The first-order valence-corrected chi connectivity index (χ1v) is 5.85. The molecule has 2 rings (SSSR count). The molecule has 1 aromatic heterocycles. The number of nitrogens with zero attached hydrogens (tertiary/aromatic N) is 3. The maximum Gasteiger partial charge on any atom is 0.0998 e. The maximum atomic E-state index is 9.03. The zero-order valence-corrected chi connectivity index (χ0v) is 10.3. The number of hydrogen-bond donors (Lipinski definition) is 0. The molecule has 0 saturated carbocycles. The van der Waals surface area contributed by atoms with Gasteiger partial charge in [0.2, 0.25) is 0 Å². The molecule has 88 valence electrons. The SMILES string of the molecule is CN(C)CCCn1ccc2c(C#N)cccc21. The molecule has 0 atom stereocenters. The Bertz CT molecular complexity index is 546. The van der Waals surface area contributed by atoms with Gasteiger partial charge in [-0.05, 0) is 45.3 Å². The van der Waals surface area contributed by atoms with Crippen molar-refractivity contribution >= 4 is 10.9 Å². The predicted molar refractivity (Wildman–Crippen MR) is 69.8 cm³/mol. The van der Waals surface area contributed by atoms with Crippen molar-refractivity contribution in [2.75, 3.05) is 20.6 Å². The van der Waals surface area contributed by atoms with E-state index in [9.17, 15) is 0 Å². The number of nitriles is 1. The van der Waals surface area contributed by atoms with Gasteiger partial charge in [0.25, 0.3) is 0 Å². The van der Waals surface area contributed by atoms with E-state index in [0.29, 0.717) is 0 Å². The monoisotopic (exact) mass is 227 g/mol. The molecule has 17 heavy (non-hydrogen) atoms. The van der Waals surface area contributed by atoms with Crippen molar-refractivity contribution in [2.45, 2.75) is 13.0 Å². The van der Waals surface area contributed by atoms with Gasteiger partial charge in [-0.1, -0.05) is 6.07 Å². The molecule has 0 aliphatic carbocycles. The minimum Gasteiger partial charge on any atom is -0.347 e. The van der Waals surface area contributed by atoms with Crippen LogP contribution in [0.3, 0.4) is 0 Å². The normalized spacial score (nSPS) is 10.9. The van der Waals surface area contributed by atoms with Crippen LogP contribution < -0.4 is 0 Å². The van der Waals surface area contributed by atoms with E-state index in [2.05, 4.69) is 41.9 Å². The molecule has 0 fully saturated rings. The van der Waals surface area contributed by atoms with Gasteiger partial charge in [0, 0.05) is 23.6 Å². The Morgan fingerprint density at radius 3 is 2.82 bits per heavy atom. The van der Waals surface area contributed by atoms with E-state index in [0.717, 1.165) is 36.0 Å². The highest BCUT2D eigenvalue weighted by atomic mass is 15.1. The van der Waals surface area contributed by atoms with Crippen molar-refractivity contribution in [1.29, 1.82) is 5.26 Å². The topological polar surface area (TPSA) is 32.0 Å². The second-order valence-electron chi connectivity index (χ2n) is 4.52. The summed E-state index contributed by atoms with van der Waals surface area (Å²) in [6.07, 6.45) is 3.19. The van der Waals surface area contributed by atoms with Crippen molar-refractivity contribution in [1.82, 2.24) is 9.47 Å². The molecule has 2 aromatic rings. The number of fused-ring (bicyclic) bond motifs is 1. The van der Waals surface area contributed by atoms with Crippen LogP contribution in [0.5, 0.6) is 0 Å². The fourth-order valence-electron chi connectivity index (χ4n) is 2.07. The lowest BCUT2D eigenvalue weighted by Crippen LogP contribution is -2.14. The third-order valence-electron chi connectivity index (χ3n) is 2.94. The second-order valence-corrected chi connectivity index (χ2v) is 4.52. The molecular formula is C14H17N3. The molecule has 0 amide bonds. The maximum absolute atomic E-state index is 9.03. The van der Waals surface area contributed by atoms with Crippen LogP contribution in [0.25, 0.3) is 10.9 Å². The van der Waals surface area contributed by atoms with Crippen molar-refractivity contribution in [2.24, 2.45) is 0 Å². The Labute approximate surface area is 102 Å². The van der Waals surface area contributed by atoms with Crippen LogP contribution in [0.15, 0.2) is 30.5 Å². The van der Waals surface area contributed by atoms with Gasteiger partial charge in [-0.2, -0.15) is 5.26 Å². The van der Waals surface area contributed by atoms with Gasteiger partial charge in [-0.25, -0.2) is 0 Å². The minimum atomic E-state index is 0.758. The van der Waals surface area contributed by atoms with Crippen LogP contribution in [0.2, 0.25) is 0 Å². The van der Waals surface area contributed by atoms with Crippen LogP contribution in [-0.2, 0) is 6.54 Å². The van der Waals surface area contributed by atoms with Crippen molar-refractivity contribution in [3.63, 3.8) is 0 Å². The third kappa shape index (κ3) is 2.48. The van der Waals surface area contributed by atoms with E-state index in [1.165, 1.54) is 0 Å². The van der Waals surface area contributed by atoms with E-state index >= 15 is 0 Å². The average Bonchev–Trinajstić information content (AvgIpc) is 2.72. The third-order valence-corrected chi connectivity index (χ3v) is 2.94. The summed E-state index contributed by atoms with van der Waals surface area (Å²) in [4.78, 5) is 2.19. The van der Waals surface area contributed by atoms with Gasteiger partial charge < -0.3 is 9.47 Å². The lowest BCUT2D eigenvalue weighted by molar-refractivity contribution is 0.388. The molecule has 0 N–H and O–H groups in total. The first kappa shape index (κ1) is 11.7. The van der Waals surface area contributed by atoms with Crippen LogP contribution in [0, 0.1) is 11.3 Å². The van der Waals surface area contributed by atoms with E-state index in [1.807, 2.05) is 18.2 Å². The van der Waals surface area contributed by atoms with Gasteiger partial charge in [-0.3, -0.25) is 0 Å². The summed E-state index contributed by atoms with van der Waals surface area (Å²) >= 11 is 0. The Balaban J connectivity index is 2.22. The quantitative estimate of drug-likeness (QED) is 0.803. The zero-order chi connectivity index (χ0) is 12.3. The fraction of sp³-hybridized carbons (Fsp3) is 0.357. The summed E-state index contributed by atoms with van der Waals surface area (Å²) in [5.41, 5.74) is 1.91. The van der Waals surface area contributed by atoms with Crippen LogP contribution in [-0.4, -0.2) is 30.1 Å². The lowest BCUT2D eigenvalue weighted by atomic mass is 10.1. The molecule has 3 heteroatoms. The van der Waals surface area contributed by atoms with Crippen molar-refractivity contribution in [3.8, 4) is 6.07 Å². The van der Waals surface area contributed by atoms with Gasteiger partial charge in [0.05, 0.1) is 11.6 Å². The predicted octanol–water partition coefficient (Wildman–Crippen LogP) is 2.46. The number of aromatic nitrogens is 1. The summed E-state index contributed by atoms with van der Waals surface area (Å²) in [5.74, 6) is 0. The molecule has 1 aromatic carbocycles. The van der Waals surface area contributed by atoms with Crippen molar-refractivity contribution < 1.29 is 0 Å². The zero-order valence-electron chi connectivity index (χ0n) is 10.3. The minimum absolute atomic E-state index is 0.758. The largest absolute Gasteiger partial charge is 0.347 e. The van der Waals surface area contributed by atoms with Gasteiger partial charge in [-0.15, -0.1) is 0 Å². The Hall–Kier alpha value is -1.79. The first-order valence-electron chi connectivity index (χ1n) is 5.85. The van der Waals surface area contributed by atoms with E-state index < -0.39 is 0 Å². The number of aryl methyl sites for hydroxylation is 1. The summed E-state index contributed by atoms with van der Waals surface area (Å²) in [6, 6.07) is 10.2. The molecule has 3 nitrogen and oxygen atoms in total. The highest BCUT2D eigenvalue weighted by Crippen LogP contribution is 2.19. The second kappa shape index (κ2) is 5.03. The average molecular weight is 227 g/mol. The van der Waals surface area contributed by atoms with Crippen molar-refractivity contribution in [3.05, 3.63) is 36.0 Å². The summed E-state index contributed by atoms with van der Waals surface area (Å²) in [7, 11) is 4.17. The molecule has 0 unspecified atom stereocenters. The number of benzene rings is 1. The van der Waals surface area contributed by atoms with Gasteiger partial charge >= 0.3 is 0 Å². The smallest absolute Gasteiger partial charge is 0.0998 e. The summed E-state index contributed by atoms with van der Waals surface area (Å²) < 4.78 is 2.22. The highest BCUT2D eigenvalue weighted by molar-refractivity contribution is 5.85. The van der Waals surface area contributed by atoms with E-state index in [4.69, 9.17) is 5.26 Å². The van der Waals surface area contributed by atoms with E-state index in [1.54, 1.807) is 0 Å². The van der Waals surface area contributed by atoms with Crippen LogP contribution in [0.4, 0.5) is 0 Å². The van der Waals surface area contributed by atoms with E-state index in [-0.39, 0.29) is 0 Å². The highest BCUT2D eigenvalue weighted by Gasteiger charge is 2.04. The molecule has 0 aliphatic rings. The van der Waals surface area contributed by atoms with Gasteiger partial charge in [0.15, 0.2) is 0 Å². The Kier molecular flexibility index (Phi) is 3.46.